The molecule has 0 saturated carbocycles. The summed E-state index contributed by atoms with van der Waals surface area (Å²) in [6, 6.07) is 20.8. The number of rotatable bonds is 9. The third-order valence-electron chi connectivity index (χ3n) is 4.77. The molecule has 3 rings (SSSR count). The van der Waals surface area contributed by atoms with Crippen LogP contribution in [0.1, 0.15) is 34.6 Å². The van der Waals surface area contributed by atoms with Crippen LogP contribution in [-0.2, 0) is 17.9 Å². The zero-order valence-electron chi connectivity index (χ0n) is 17.8. The van der Waals surface area contributed by atoms with Gasteiger partial charge in [0.1, 0.15) is 6.54 Å². The van der Waals surface area contributed by atoms with Gasteiger partial charge in [0.25, 0.3) is 5.91 Å². The van der Waals surface area contributed by atoms with Crippen molar-refractivity contribution in [2.24, 2.45) is 5.92 Å². The molecule has 0 radical (unpaired) electrons. The van der Waals surface area contributed by atoms with Crippen LogP contribution in [0, 0.1) is 5.92 Å². The van der Waals surface area contributed by atoms with Crippen molar-refractivity contribution in [1.82, 2.24) is 9.80 Å². The van der Waals surface area contributed by atoms with Crippen LogP contribution in [0.3, 0.4) is 0 Å². The van der Waals surface area contributed by atoms with Crippen molar-refractivity contribution in [2.45, 2.75) is 26.9 Å². The summed E-state index contributed by atoms with van der Waals surface area (Å²) in [4.78, 5) is 31.1. The van der Waals surface area contributed by atoms with Gasteiger partial charge in [0.15, 0.2) is 0 Å². The van der Waals surface area contributed by atoms with Gasteiger partial charge in [-0.15, -0.1) is 11.3 Å². The first-order valence-electron chi connectivity index (χ1n) is 10.3. The Hall–Kier alpha value is -2.63. The molecule has 1 aromatic heterocycles. The van der Waals surface area contributed by atoms with Crippen LogP contribution in [0.4, 0.5) is 0 Å². The normalized spacial score (nSPS) is 10.8. The molecule has 1 heterocycles. The molecule has 0 N–H and O–H groups in total. The maximum atomic E-state index is 13.4. The molecule has 0 aliphatic rings. The zero-order valence-corrected chi connectivity index (χ0v) is 19.4. The molecule has 2 aromatic carbocycles. The Balaban J connectivity index is 1.80. The van der Waals surface area contributed by atoms with Crippen molar-refractivity contribution in [3.8, 4) is 0 Å². The number of hydrogen-bond donors (Lipinski definition) is 0. The molecule has 0 bridgehead atoms. The highest BCUT2D eigenvalue weighted by Gasteiger charge is 2.24. The first-order valence-corrected chi connectivity index (χ1v) is 11.6. The number of nitrogens with zero attached hydrogens (tertiary/aromatic N) is 2. The fourth-order valence-corrected chi connectivity index (χ4v) is 4.26. The molecule has 4 nitrogen and oxygen atoms in total. The summed E-state index contributed by atoms with van der Waals surface area (Å²) in [5, 5.41) is 2.51. The van der Waals surface area contributed by atoms with Crippen molar-refractivity contribution in [3.63, 3.8) is 0 Å². The maximum Gasteiger partial charge on any atom is 0.254 e. The van der Waals surface area contributed by atoms with Crippen molar-refractivity contribution in [2.75, 3.05) is 13.1 Å². The Morgan fingerprint density at radius 2 is 1.71 bits per heavy atom. The molecule has 2 amide bonds. The number of carbonyl (C=O) groups excluding carboxylic acids is 2. The fourth-order valence-electron chi connectivity index (χ4n) is 3.35. The van der Waals surface area contributed by atoms with Crippen LogP contribution >= 0.6 is 22.9 Å². The quantitative estimate of drug-likeness (QED) is 0.414. The van der Waals surface area contributed by atoms with Gasteiger partial charge in [-0.25, -0.2) is 0 Å². The number of amides is 2. The van der Waals surface area contributed by atoms with Crippen LogP contribution in [0.2, 0.25) is 5.02 Å². The summed E-state index contributed by atoms with van der Waals surface area (Å²) in [6.45, 7) is 5.62. The second-order valence-corrected chi connectivity index (χ2v) is 9.37. The van der Waals surface area contributed by atoms with E-state index in [-0.39, 0.29) is 24.3 Å². The molecule has 0 atom stereocenters. The predicted molar refractivity (Wildman–Crippen MR) is 127 cm³/mol. The predicted octanol–water partition coefficient (Wildman–Crippen LogP) is 5.73. The van der Waals surface area contributed by atoms with E-state index in [1.165, 1.54) is 0 Å². The number of benzene rings is 2. The standard InChI is InChI=1S/C25H27ClN2O2S/c1-19(2)15-28(25(30)21-10-6-11-22(26)14-21)18-24(29)27(17-23-12-7-13-31-23)16-20-8-4-3-5-9-20/h3-14,19H,15-18H2,1-2H3. The van der Waals surface area contributed by atoms with E-state index in [1.807, 2.05) is 66.6 Å². The topological polar surface area (TPSA) is 40.6 Å². The molecule has 162 valence electrons. The average Bonchev–Trinajstić information content (AvgIpc) is 3.26. The van der Waals surface area contributed by atoms with Gasteiger partial charge in [-0.1, -0.05) is 67.9 Å². The van der Waals surface area contributed by atoms with Gasteiger partial charge in [-0.05, 0) is 41.1 Å². The van der Waals surface area contributed by atoms with E-state index in [0.717, 1.165) is 10.4 Å². The third-order valence-corrected chi connectivity index (χ3v) is 5.86. The Bertz CT molecular complexity index is 990. The minimum absolute atomic E-state index is 0.0295. The fraction of sp³-hybridized carbons (Fsp3) is 0.280. The molecule has 0 aliphatic heterocycles. The lowest BCUT2D eigenvalue weighted by atomic mass is 10.1. The third kappa shape index (κ3) is 6.94. The van der Waals surface area contributed by atoms with E-state index < -0.39 is 0 Å². The van der Waals surface area contributed by atoms with Gasteiger partial charge in [0.2, 0.25) is 5.91 Å². The lowest BCUT2D eigenvalue weighted by molar-refractivity contribution is -0.133. The Morgan fingerprint density at radius 3 is 2.35 bits per heavy atom. The smallest absolute Gasteiger partial charge is 0.254 e. The van der Waals surface area contributed by atoms with E-state index in [2.05, 4.69) is 0 Å². The van der Waals surface area contributed by atoms with Crippen LogP contribution in [0.25, 0.3) is 0 Å². The molecule has 0 aliphatic carbocycles. The Labute approximate surface area is 193 Å². The summed E-state index contributed by atoms with van der Waals surface area (Å²) in [5.74, 6) is -0.0237. The Morgan fingerprint density at radius 1 is 0.935 bits per heavy atom. The van der Waals surface area contributed by atoms with Crippen molar-refractivity contribution >= 4 is 34.8 Å². The highest BCUT2D eigenvalue weighted by Crippen LogP contribution is 2.17. The van der Waals surface area contributed by atoms with Gasteiger partial charge in [-0.3, -0.25) is 9.59 Å². The van der Waals surface area contributed by atoms with E-state index >= 15 is 0 Å². The molecule has 3 aromatic rings. The van der Waals surface area contributed by atoms with Crippen LogP contribution in [-0.4, -0.2) is 34.7 Å². The van der Waals surface area contributed by atoms with Crippen LogP contribution < -0.4 is 0 Å². The monoisotopic (exact) mass is 454 g/mol. The van der Waals surface area contributed by atoms with E-state index in [4.69, 9.17) is 11.6 Å². The van der Waals surface area contributed by atoms with E-state index in [9.17, 15) is 9.59 Å². The van der Waals surface area contributed by atoms with Crippen molar-refractivity contribution < 1.29 is 9.59 Å². The molecule has 0 unspecified atom stereocenters. The molecule has 0 saturated heterocycles. The number of halogens is 1. The first-order chi connectivity index (χ1) is 14.9. The van der Waals surface area contributed by atoms with Gasteiger partial charge in [-0.2, -0.15) is 0 Å². The van der Waals surface area contributed by atoms with E-state index in [0.29, 0.717) is 30.2 Å². The number of carbonyl (C=O) groups is 2. The molecule has 6 heteroatoms. The van der Waals surface area contributed by atoms with Crippen LogP contribution in [0.5, 0.6) is 0 Å². The largest absolute Gasteiger partial charge is 0.332 e. The summed E-state index contributed by atoms with van der Waals surface area (Å²) in [6.07, 6.45) is 0. The minimum atomic E-state index is -0.180. The average molecular weight is 455 g/mol. The lowest BCUT2D eigenvalue weighted by Crippen LogP contribution is -2.43. The van der Waals surface area contributed by atoms with Crippen molar-refractivity contribution in [1.29, 1.82) is 0 Å². The molecule has 31 heavy (non-hydrogen) atoms. The van der Waals surface area contributed by atoms with Gasteiger partial charge in [0, 0.05) is 28.6 Å². The lowest BCUT2D eigenvalue weighted by Gasteiger charge is -2.29. The SMILES string of the molecule is CC(C)CN(CC(=O)N(Cc1ccccc1)Cc1cccs1)C(=O)c1cccc(Cl)c1. The van der Waals surface area contributed by atoms with Gasteiger partial charge >= 0.3 is 0 Å². The first kappa shape index (κ1) is 23.0. The summed E-state index contributed by atoms with van der Waals surface area (Å²) >= 11 is 7.70. The molecular formula is C25H27ClN2O2S. The minimum Gasteiger partial charge on any atom is -0.332 e. The Kier molecular flexibility index (Phi) is 8.27. The summed E-state index contributed by atoms with van der Waals surface area (Å²) < 4.78 is 0. The highest BCUT2D eigenvalue weighted by atomic mass is 35.5. The van der Waals surface area contributed by atoms with E-state index in [1.54, 1.807) is 40.5 Å². The van der Waals surface area contributed by atoms with Crippen LogP contribution in [0.15, 0.2) is 72.1 Å². The maximum absolute atomic E-state index is 13.4. The molecule has 0 spiro atoms. The van der Waals surface area contributed by atoms with Crippen molar-refractivity contribution in [3.05, 3.63) is 93.1 Å². The molecular weight excluding hydrogens is 428 g/mol. The second-order valence-electron chi connectivity index (χ2n) is 7.90. The molecule has 0 fully saturated rings. The van der Waals surface area contributed by atoms with Gasteiger partial charge < -0.3 is 9.80 Å². The second kappa shape index (κ2) is 11.1. The zero-order chi connectivity index (χ0) is 22.2. The summed E-state index contributed by atoms with van der Waals surface area (Å²) in [7, 11) is 0. The number of hydrogen-bond acceptors (Lipinski definition) is 3. The highest BCUT2D eigenvalue weighted by molar-refractivity contribution is 7.09. The van der Waals surface area contributed by atoms with Gasteiger partial charge in [0.05, 0.1) is 6.54 Å². The summed E-state index contributed by atoms with van der Waals surface area (Å²) in [5.41, 5.74) is 1.55. The number of thiophene rings is 1.